The van der Waals surface area contributed by atoms with Gasteiger partial charge in [0.2, 0.25) is 17.7 Å². The number of aliphatic hydroxyl groups is 1. The molecule has 0 spiro atoms. The number of fused-ring (bicyclic) bond motifs is 1. The fourth-order valence-electron chi connectivity index (χ4n) is 4.30. The van der Waals surface area contributed by atoms with Crippen molar-refractivity contribution in [1.29, 1.82) is 0 Å². The molecule has 12 heteroatoms. The molecule has 0 fully saturated rings. The summed E-state index contributed by atoms with van der Waals surface area (Å²) in [6.45, 7) is 5.53. The Labute approximate surface area is 228 Å². The van der Waals surface area contributed by atoms with Gasteiger partial charge >= 0.3 is 5.97 Å². The molecule has 5 unspecified atom stereocenters. The lowest BCUT2D eigenvalue weighted by molar-refractivity contribution is -0.145. The second kappa shape index (κ2) is 15.2. The van der Waals surface area contributed by atoms with Crippen molar-refractivity contribution in [2.45, 2.75) is 83.1 Å². The average molecular weight is 547 g/mol. The van der Waals surface area contributed by atoms with Crippen LogP contribution in [-0.4, -0.2) is 75.7 Å². The second-order valence-electron chi connectivity index (χ2n) is 10.3. The second-order valence-corrected chi connectivity index (χ2v) is 10.3. The van der Waals surface area contributed by atoms with Crippen molar-refractivity contribution < 1.29 is 29.4 Å². The Balaban J connectivity index is 2.31. The van der Waals surface area contributed by atoms with E-state index in [9.17, 15) is 29.4 Å². The molecule has 2 aromatic rings. The Hall–Kier alpha value is -3.48. The fourth-order valence-corrected chi connectivity index (χ4v) is 4.30. The van der Waals surface area contributed by atoms with Gasteiger partial charge in [0.25, 0.3) is 0 Å². The molecule has 0 saturated heterocycles. The lowest BCUT2D eigenvalue weighted by atomic mass is 10.0. The minimum Gasteiger partial charge on any atom is -0.480 e. The molecular weight excluding hydrogens is 504 g/mol. The highest BCUT2D eigenvalue weighted by atomic mass is 16.4. The third-order valence-corrected chi connectivity index (χ3v) is 6.42. The molecule has 2 rings (SSSR count). The van der Waals surface area contributed by atoms with Gasteiger partial charge in [-0.1, -0.05) is 32.0 Å². The molecule has 0 radical (unpaired) electrons. The number of carbonyl (C=O) groups excluding carboxylic acids is 3. The normalized spacial score (nSPS) is 15.3. The maximum absolute atomic E-state index is 13.4. The van der Waals surface area contributed by atoms with Crippen molar-refractivity contribution in [3.63, 3.8) is 0 Å². The zero-order valence-corrected chi connectivity index (χ0v) is 22.8. The van der Waals surface area contributed by atoms with Crippen molar-refractivity contribution in [3.05, 3.63) is 36.0 Å². The summed E-state index contributed by atoms with van der Waals surface area (Å²) in [7, 11) is 0. The van der Waals surface area contributed by atoms with Crippen molar-refractivity contribution in [3.8, 4) is 0 Å². The molecule has 10 N–H and O–H groups in total. The van der Waals surface area contributed by atoms with E-state index in [1.807, 2.05) is 38.1 Å². The standard InChI is InChI=1S/C27H42N6O6/c1-15(2)12-19(29)24(35)31-21(10-6-7-11-28)25(36)32-22(26(37)33-23(16(3)34)27(38)39)13-17-14-30-20-9-5-4-8-18(17)20/h4-5,8-9,14-16,19,21-23,30,34H,6-7,10-13,28-29H2,1-3H3,(H,31,35)(H,32,36)(H,33,37)(H,38,39). The van der Waals surface area contributed by atoms with E-state index >= 15 is 0 Å². The molecule has 12 nitrogen and oxygen atoms in total. The molecule has 0 bridgehead atoms. The zero-order valence-electron chi connectivity index (χ0n) is 22.8. The summed E-state index contributed by atoms with van der Waals surface area (Å²) >= 11 is 0. The van der Waals surface area contributed by atoms with Gasteiger partial charge in [0.15, 0.2) is 6.04 Å². The Morgan fingerprint density at radius 1 is 0.949 bits per heavy atom. The molecule has 5 atom stereocenters. The van der Waals surface area contributed by atoms with Crippen LogP contribution >= 0.6 is 0 Å². The fraction of sp³-hybridized carbons (Fsp3) is 0.556. The molecule has 3 amide bonds. The highest BCUT2D eigenvalue weighted by Gasteiger charge is 2.32. The van der Waals surface area contributed by atoms with Crippen LogP contribution in [0.1, 0.15) is 52.0 Å². The smallest absolute Gasteiger partial charge is 0.328 e. The van der Waals surface area contributed by atoms with Crippen molar-refractivity contribution in [2.24, 2.45) is 17.4 Å². The Morgan fingerprint density at radius 3 is 2.21 bits per heavy atom. The van der Waals surface area contributed by atoms with Crippen LogP contribution < -0.4 is 27.4 Å². The van der Waals surface area contributed by atoms with Crippen LogP contribution in [0.5, 0.6) is 0 Å². The van der Waals surface area contributed by atoms with Crippen molar-refractivity contribution in [2.75, 3.05) is 6.54 Å². The number of carbonyl (C=O) groups is 4. The predicted octanol–water partition coefficient (Wildman–Crippen LogP) is 0.133. The van der Waals surface area contributed by atoms with Gasteiger partial charge in [-0.15, -0.1) is 0 Å². The van der Waals surface area contributed by atoms with E-state index in [1.54, 1.807) is 6.20 Å². The monoisotopic (exact) mass is 546 g/mol. The number of carboxylic acids is 1. The van der Waals surface area contributed by atoms with Crippen molar-refractivity contribution in [1.82, 2.24) is 20.9 Å². The van der Waals surface area contributed by atoms with E-state index < -0.39 is 54.0 Å². The molecule has 39 heavy (non-hydrogen) atoms. The van der Waals surface area contributed by atoms with Gasteiger partial charge in [0, 0.05) is 23.5 Å². The Morgan fingerprint density at radius 2 is 1.59 bits per heavy atom. The number of carboxylic acid groups (broad SMARTS) is 1. The average Bonchev–Trinajstić information content (AvgIpc) is 3.28. The van der Waals surface area contributed by atoms with Crippen LogP contribution in [0.4, 0.5) is 0 Å². The van der Waals surface area contributed by atoms with E-state index in [1.165, 1.54) is 6.92 Å². The van der Waals surface area contributed by atoms with Crippen molar-refractivity contribution >= 4 is 34.6 Å². The number of nitrogens with two attached hydrogens (primary N) is 2. The molecule has 216 valence electrons. The summed E-state index contributed by atoms with van der Waals surface area (Å²) in [6.07, 6.45) is 2.26. The van der Waals surface area contributed by atoms with E-state index in [2.05, 4.69) is 20.9 Å². The number of para-hydroxylation sites is 1. The molecule has 0 aliphatic carbocycles. The largest absolute Gasteiger partial charge is 0.480 e. The predicted molar refractivity (Wildman–Crippen MR) is 147 cm³/mol. The minimum atomic E-state index is -1.58. The van der Waals surface area contributed by atoms with Crippen LogP contribution in [0.2, 0.25) is 0 Å². The number of rotatable bonds is 16. The maximum Gasteiger partial charge on any atom is 0.328 e. The van der Waals surface area contributed by atoms with Crippen LogP contribution in [0.15, 0.2) is 30.5 Å². The van der Waals surface area contributed by atoms with Crippen LogP contribution in [0, 0.1) is 5.92 Å². The Kier molecular flexibility index (Phi) is 12.4. The lowest BCUT2D eigenvalue weighted by Crippen LogP contribution is -2.58. The van der Waals surface area contributed by atoms with Gasteiger partial charge in [-0.25, -0.2) is 4.79 Å². The quantitative estimate of drug-likeness (QED) is 0.135. The lowest BCUT2D eigenvalue weighted by Gasteiger charge is -2.26. The number of nitrogens with one attached hydrogen (secondary N) is 4. The summed E-state index contributed by atoms with van der Waals surface area (Å²) in [5.41, 5.74) is 13.2. The SMILES string of the molecule is CC(C)CC(N)C(=O)NC(CCCCN)C(=O)NC(Cc1c[nH]c2ccccc12)C(=O)NC(C(=O)O)C(C)O. The number of aliphatic carboxylic acids is 1. The number of aromatic nitrogens is 1. The molecule has 1 aromatic carbocycles. The minimum absolute atomic E-state index is 0.0318. The number of aliphatic hydroxyl groups excluding tert-OH is 1. The number of aromatic amines is 1. The first kappa shape index (κ1) is 31.7. The summed E-state index contributed by atoms with van der Waals surface area (Å²) in [4.78, 5) is 54.1. The summed E-state index contributed by atoms with van der Waals surface area (Å²) in [6, 6.07) is 2.86. The number of H-pyrrole nitrogens is 1. The third kappa shape index (κ3) is 9.65. The molecule has 0 aliphatic heterocycles. The molecular formula is C27H42N6O6. The summed E-state index contributed by atoms with van der Waals surface area (Å²) in [5, 5.41) is 27.8. The molecule has 1 aromatic heterocycles. The van der Waals surface area contributed by atoms with Crippen LogP contribution in [0.3, 0.4) is 0 Å². The topological polar surface area (TPSA) is 213 Å². The van der Waals surface area contributed by atoms with E-state index in [0.717, 1.165) is 16.5 Å². The highest BCUT2D eigenvalue weighted by molar-refractivity contribution is 5.95. The van der Waals surface area contributed by atoms with E-state index in [-0.39, 0.29) is 18.8 Å². The number of unbranched alkanes of at least 4 members (excludes halogenated alkanes) is 1. The first-order valence-corrected chi connectivity index (χ1v) is 13.3. The first-order valence-electron chi connectivity index (χ1n) is 13.3. The van der Waals surface area contributed by atoms with Gasteiger partial charge < -0.3 is 42.6 Å². The third-order valence-electron chi connectivity index (χ3n) is 6.42. The highest BCUT2D eigenvalue weighted by Crippen LogP contribution is 2.19. The van der Waals surface area contributed by atoms with Gasteiger partial charge in [-0.2, -0.15) is 0 Å². The van der Waals surface area contributed by atoms with E-state index in [4.69, 9.17) is 11.5 Å². The number of hydrogen-bond acceptors (Lipinski definition) is 7. The molecule has 0 saturated carbocycles. The van der Waals surface area contributed by atoms with Gasteiger partial charge in [0.05, 0.1) is 12.1 Å². The van der Waals surface area contributed by atoms with E-state index in [0.29, 0.717) is 25.8 Å². The van der Waals surface area contributed by atoms with Gasteiger partial charge in [-0.05, 0) is 56.7 Å². The van der Waals surface area contributed by atoms with Crippen LogP contribution in [0.25, 0.3) is 10.9 Å². The zero-order chi connectivity index (χ0) is 29.1. The van der Waals surface area contributed by atoms with Gasteiger partial charge in [-0.3, -0.25) is 14.4 Å². The van der Waals surface area contributed by atoms with Crippen LogP contribution in [-0.2, 0) is 25.6 Å². The number of benzene rings is 1. The molecule has 1 heterocycles. The first-order chi connectivity index (χ1) is 18.4. The molecule has 0 aliphatic rings. The van der Waals surface area contributed by atoms with Gasteiger partial charge in [0.1, 0.15) is 12.1 Å². The Bertz CT molecular complexity index is 1120. The number of amides is 3. The maximum atomic E-state index is 13.4. The summed E-state index contributed by atoms with van der Waals surface area (Å²) in [5.74, 6) is -3.11. The summed E-state index contributed by atoms with van der Waals surface area (Å²) < 4.78 is 0. The number of hydrogen-bond donors (Lipinski definition) is 8.